The van der Waals surface area contributed by atoms with E-state index in [0.717, 1.165) is 37.8 Å². The first kappa shape index (κ1) is 19.5. The van der Waals surface area contributed by atoms with Crippen molar-refractivity contribution in [3.63, 3.8) is 0 Å². The Balaban J connectivity index is 2.62. The van der Waals surface area contributed by atoms with Gasteiger partial charge in [0.25, 0.3) is 0 Å². The summed E-state index contributed by atoms with van der Waals surface area (Å²) in [6.07, 6.45) is 0.0852. The highest BCUT2D eigenvalue weighted by atomic mass is 19.4. The summed E-state index contributed by atoms with van der Waals surface area (Å²) in [5.74, 6) is 0.0592. The summed E-state index contributed by atoms with van der Waals surface area (Å²) in [5, 5.41) is 0. The number of halogens is 3. The lowest BCUT2D eigenvalue weighted by Gasteiger charge is -2.19. The summed E-state index contributed by atoms with van der Waals surface area (Å²) in [7, 11) is 0. The van der Waals surface area contributed by atoms with Crippen LogP contribution in [0.2, 0.25) is 0 Å². The van der Waals surface area contributed by atoms with Crippen LogP contribution in [0.15, 0.2) is 24.3 Å². The van der Waals surface area contributed by atoms with Crippen LogP contribution >= 0.6 is 0 Å². The van der Waals surface area contributed by atoms with Gasteiger partial charge in [-0.25, -0.2) is 4.79 Å². The quantitative estimate of drug-likeness (QED) is 0.558. The molecule has 0 radical (unpaired) electrons. The highest BCUT2D eigenvalue weighted by molar-refractivity contribution is 5.89. The fraction of sp³-hybridized carbons (Fsp3) is 0.611. The number of hydrogen-bond donors (Lipinski definition) is 0. The molecule has 0 spiro atoms. The number of ether oxygens (including phenoxy) is 1. The molecule has 0 aliphatic rings. The Morgan fingerprint density at radius 1 is 1.00 bits per heavy atom. The van der Waals surface area contributed by atoms with E-state index in [4.69, 9.17) is 4.74 Å². The monoisotopic (exact) mass is 330 g/mol. The third kappa shape index (κ3) is 6.24. The number of carbonyl (C=O) groups is 1. The first-order valence-electron chi connectivity index (χ1n) is 8.19. The summed E-state index contributed by atoms with van der Waals surface area (Å²) >= 11 is 0. The highest BCUT2D eigenvalue weighted by Crippen LogP contribution is 2.29. The molecule has 0 bridgehead atoms. The van der Waals surface area contributed by atoms with Crippen LogP contribution in [0.3, 0.4) is 0 Å². The number of rotatable bonds is 8. The van der Waals surface area contributed by atoms with Crippen molar-refractivity contribution in [2.75, 3.05) is 0 Å². The summed E-state index contributed by atoms with van der Waals surface area (Å²) in [5.41, 5.74) is -0.617. The van der Waals surface area contributed by atoms with Gasteiger partial charge in [-0.15, -0.1) is 0 Å². The van der Waals surface area contributed by atoms with Gasteiger partial charge in [0.15, 0.2) is 0 Å². The number of alkyl halides is 3. The molecule has 0 saturated carbocycles. The summed E-state index contributed by atoms with van der Waals surface area (Å²) in [6.45, 7) is 6.23. The Morgan fingerprint density at radius 3 is 2.00 bits per heavy atom. The van der Waals surface area contributed by atoms with E-state index in [1.165, 1.54) is 12.1 Å². The van der Waals surface area contributed by atoms with Crippen molar-refractivity contribution in [1.29, 1.82) is 0 Å². The first-order valence-corrected chi connectivity index (χ1v) is 8.19. The predicted molar refractivity (Wildman–Crippen MR) is 84.2 cm³/mol. The molecule has 1 unspecified atom stereocenters. The summed E-state index contributed by atoms with van der Waals surface area (Å²) in [6, 6.07) is 4.14. The third-order valence-corrected chi connectivity index (χ3v) is 4.23. The maximum absolute atomic E-state index is 12.5. The molecular weight excluding hydrogens is 305 g/mol. The number of hydrogen-bond acceptors (Lipinski definition) is 2. The van der Waals surface area contributed by atoms with Crippen molar-refractivity contribution in [2.45, 2.75) is 65.2 Å². The van der Waals surface area contributed by atoms with Gasteiger partial charge < -0.3 is 4.74 Å². The highest BCUT2D eigenvalue weighted by Gasteiger charge is 2.30. The minimum Gasteiger partial charge on any atom is -0.459 e. The molecular formula is C18H25F3O2. The van der Waals surface area contributed by atoms with Gasteiger partial charge in [0.1, 0.15) is 6.10 Å². The van der Waals surface area contributed by atoms with E-state index < -0.39 is 17.7 Å². The van der Waals surface area contributed by atoms with E-state index in [1.54, 1.807) is 0 Å². The molecule has 0 N–H and O–H groups in total. The topological polar surface area (TPSA) is 26.3 Å². The SMILES string of the molecule is CCC(CC)CCC(CC)OC(=O)c1ccc(C(F)(F)F)cc1. The number of benzene rings is 1. The Bertz CT molecular complexity index is 476. The van der Waals surface area contributed by atoms with E-state index >= 15 is 0 Å². The van der Waals surface area contributed by atoms with Gasteiger partial charge in [0, 0.05) is 0 Å². The predicted octanol–water partition coefficient (Wildman–Crippen LogP) is 5.86. The molecule has 1 aromatic rings. The van der Waals surface area contributed by atoms with E-state index in [0.29, 0.717) is 12.3 Å². The lowest BCUT2D eigenvalue weighted by Crippen LogP contribution is -2.19. The van der Waals surface area contributed by atoms with E-state index in [2.05, 4.69) is 13.8 Å². The molecule has 0 amide bonds. The molecule has 130 valence electrons. The van der Waals surface area contributed by atoms with Crippen molar-refractivity contribution < 1.29 is 22.7 Å². The zero-order valence-electron chi connectivity index (χ0n) is 14.0. The van der Waals surface area contributed by atoms with Crippen LogP contribution in [0.4, 0.5) is 13.2 Å². The molecule has 0 aromatic heterocycles. The Labute approximate surface area is 136 Å². The van der Waals surface area contributed by atoms with E-state index in [-0.39, 0.29) is 11.7 Å². The molecule has 1 atom stereocenters. The van der Waals surface area contributed by atoms with Crippen LogP contribution in [0.5, 0.6) is 0 Å². The van der Waals surface area contributed by atoms with Crippen molar-refractivity contribution >= 4 is 5.97 Å². The Kier molecular flexibility index (Phi) is 7.59. The van der Waals surface area contributed by atoms with Gasteiger partial charge in [-0.1, -0.05) is 33.6 Å². The van der Waals surface area contributed by atoms with Crippen molar-refractivity contribution in [3.8, 4) is 0 Å². The second kappa shape index (κ2) is 8.94. The Morgan fingerprint density at radius 2 is 1.57 bits per heavy atom. The third-order valence-electron chi connectivity index (χ3n) is 4.23. The smallest absolute Gasteiger partial charge is 0.416 e. The second-order valence-corrected chi connectivity index (χ2v) is 5.77. The van der Waals surface area contributed by atoms with Crippen LogP contribution in [-0.4, -0.2) is 12.1 Å². The molecule has 0 fully saturated rings. The molecule has 0 saturated heterocycles. The van der Waals surface area contributed by atoms with Gasteiger partial charge in [0.2, 0.25) is 0 Å². The van der Waals surface area contributed by atoms with Crippen LogP contribution in [0.1, 0.15) is 68.8 Å². The molecule has 23 heavy (non-hydrogen) atoms. The Hall–Kier alpha value is -1.52. The van der Waals surface area contributed by atoms with Gasteiger partial charge in [0.05, 0.1) is 11.1 Å². The lowest BCUT2D eigenvalue weighted by atomic mass is 9.95. The first-order chi connectivity index (χ1) is 10.8. The minimum absolute atomic E-state index is 0.152. The van der Waals surface area contributed by atoms with Crippen LogP contribution < -0.4 is 0 Å². The van der Waals surface area contributed by atoms with E-state index in [9.17, 15) is 18.0 Å². The van der Waals surface area contributed by atoms with Gasteiger partial charge in [-0.3, -0.25) is 0 Å². The molecule has 1 rings (SSSR count). The molecule has 0 aliphatic carbocycles. The van der Waals surface area contributed by atoms with Gasteiger partial charge >= 0.3 is 12.1 Å². The van der Waals surface area contributed by atoms with Crippen molar-refractivity contribution in [3.05, 3.63) is 35.4 Å². The average molecular weight is 330 g/mol. The largest absolute Gasteiger partial charge is 0.459 e. The molecule has 1 aromatic carbocycles. The van der Waals surface area contributed by atoms with Crippen LogP contribution in [0.25, 0.3) is 0 Å². The molecule has 0 heterocycles. The normalized spacial score (nSPS) is 13.2. The number of carbonyl (C=O) groups excluding carboxylic acids is 1. The fourth-order valence-corrected chi connectivity index (χ4v) is 2.48. The standard InChI is InChI=1S/C18H25F3O2/c1-4-13(5-2)7-12-16(6-3)23-17(22)14-8-10-15(11-9-14)18(19,20)21/h8-11,13,16H,4-7,12H2,1-3H3. The lowest BCUT2D eigenvalue weighted by molar-refractivity contribution is -0.137. The molecule has 0 aliphatic heterocycles. The summed E-state index contributed by atoms with van der Waals surface area (Å²) in [4.78, 5) is 12.1. The molecule has 2 nitrogen and oxygen atoms in total. The average Bonchev–Trinajstić information content (AvgIpc) is 2.53. The molecule has 5 heteroatoms. The zero-order chi connectivity index (χ0) is 17.5. The van der Waals surface area contributed by atoms with Crippen LogP contribution in [0, 0.1) is 5.92 Å². The summed E-state index contributed by atoms with van der Waals surface area (Å²) < 4.78 is 43.0. The van der Waals surface area contributed by atoms with Crippen molar-refractivity contribution in [2.24, 2.45) is 5.92 Å². The fourth-order valence-electron chi connectivity index (χ4n) is 2.48. The zero-order valence-corrected chi connectivity index (χ0v) is 14.0. The van der Waals surface area contributed by atoms with Crippen LogP contribution in [-0.2, 0) is 10.9 Å². The van der Waals surface area contributed by atoms with Crippen molar-refractivity contribution in [1.82, 2.24) is 0 Å². The van der Waals surface area contributed by atoms with Gasteiger partial charge in [-0.05, 0) is 49.4 Å². The van der Waals surface area contributed by atoms with Gasteiger partial charge in [-0.2, -0.15) is 13.2 Å². The maximum atomic E-state index is 12.5. The second-order valence-electron chi connectivity index (χ2n) is 5.77. The minimum atomic E-state index is -4.40. The maximum Gasteiger partial charge on any atom is 0.416 e. The van der Waals surface area contributed by atoms with E-state index in [1.807, 2.05) is 6.92 Å². The number of esters is 1.